The van der Waals surface area contributed by atoms with Gasteiger partial charge in [-0.15, -0.1) is 0 Å². The Hall–Kier alpha value is -1.07. The summed E-state index contributed by atoms with van der Waals surface area (Å²) in [5.74, 6) is -0.407. The van der Waals surface area contributed by atoms with Gasteiger partial charge in [0.05, 0.1) is 23.0 Å². The molecule has 0 saturated heterocycles. The minimum absolute atomic E-state index is 0.327. The lowest BCUT2D eigenvalue weighted by molar-refractivity contribution is -0.144. The van der Waals surface area contributed by atoms with Crippen molar-refractivity contribution in [3.05, 3.63) is 16.4 Å². The zero-order valence-corrected chi connectivity index (χ0v) is 11.8. The molecule has 2 N–H and O–H groups in total. The van der Waals surface area contributed by atoms with Crippen LogP contribution in [0.1, 0.15) is 32.2 Å². The van der Waals surface area contributed by atoms with Crippen molar-refractivity contribution in [2.45, 2.75) is 46.2 Å². The minimum atomic E-state index is -0.700. The maximum absolute atomic E-state index is 11.5. The average Bonchev–Trinajstić information content (AvgIpc) is 2.66. The molecule has 1 heterocycles. The molecule has 6 heteroatoms. The number of rotatable bonds is 6. The van der Waals surface area contributed by atoms with E-state index in [2.05, 4.69) is 5.10 Å². The molecule has 1 rings (SSSR count). The summed E-state index contributed by atoms with van der Waals surface area (Å²) in [6.07, 6.45) is 1.10. The second kappa shape index (κ2) is 6.75. The predicted octanol–water partition coefficient (Wildman–Crippen LogP) is 1.55. The highest BCUT2D eigenvalue weighted by molar-refractivity contribution is 6.31. The van der Waals surface area contributed by atoms with Crippen molar-refractivity contribution in [2.75, 3.05) is 6.61 Å². The second-order valence-corrected chi connectivity index (χ2v) is 4.32. The number of hydrogen-bond acceptors (Lipinski definition) is 4. The first-order valence-corrected chi connectivity index (χ1v) is 6.59. The van der Waals surface area contributed by atoms with Crippen molar-refractivity contribution in [2.24, 2.45) is 5.73 Å². The number of hydrogen-bond donors (Lipinski definition) is 1. The largest absolute Gasteiger partial charge is 0.465 e. The summed E-state index contributed by atoms with van der Waals surface area (Å²) in [5, 5.41) is 4.99. The van der Waals surface area contributed by atoms with E-state index < -0.39 is 12.0 Å². The van der Waals surface area contributed by atoms with Crippen LogP contribution in [-0.2, 0) is 28.9 Å². The first-order valence-electron chi connectivity index (χ1n) is 6.21. The molecule has 0 fully saturated rings. The summed E-state index contributed by atoms with van der Waals surface area (Å²) in [6.45, 7) is 6.74. The second-order valence-electron chi connectivity index (χ2n) is 3.94. The van der Waals surface area contributed by atoms with Gasteiger partial charge in [-0.05, 0) is 20.3 Å². The van der Waals surface area contributed by atoms with Gasteiger partial charge in [0.1, 0.15) is 6.04 Å². The molecule has 0 amide bonds. The normalized spacial score (nSPS) is 12.5. The number of aromatic nitrogens is 2. The fourth-order valence-electron chi connectivity index (χ4n) is 1.75. The van der Waals surface area contributed by atoms with Crippen LogP contribution in [0.4, 0.5) is 0 Å². The summed E-state index contributed by atoms with van der Waals surface area (Å²) in [6, 6.07) is -0.700. The first kappa shape index (κ1) is 15.0. The number of ether oxygens (including phenoxy) is 1. The molecule has 1 aromatic heterocycles. The smallest absolute Gasteiger partial charge is 0.323 e. The minimum Gasteiger partial charge on any atom is -0.465 e. The number of carbonyl (C=O) groups excluding carboxylic acids is 1. The van der Waals surface area contributed by atoms with Crippen LogP contribution < -0.4 is 5.73 Å². The van der Waals surface area contributed by atoms with Crippen LogP contribution >= 0.6 is 11.6 Å². The quantitative estimate of drug-likeness (QED) is 0.799. The Balaban J connectivity index is 2.89. The van der Waals surface area contributed by atoms with Gasteiger partial charge in [0, 0.05) is 13.0 Å². The van der Waals surface area contributed by atoms with E-state index in [1.807, 2.05) is 13.8 Å². The first-order chi connectivity index (χ1) is 8.54. The van der Waals surface area contributed by atoms with Crippen LogP contribution in [0.25, 0.3) is 0 Å². The van der Waals surface area contributed by atoms with Crippen molar-refractivity contribution >= 4 is 17.6 Å². The number of halogens is 1. The zero-order valence-electron chi connectivity index (χ0n) is 11.1. The van der Waals surface area contributed by atoms with E-state index in [-0.39, 0.29) is 0 Å². The molecule has 1 aromatic rings. The fraction of sp³-hybridized carbons (Fsp3) is 0.667. The molecular formula is C12H20ClN3O2. The van der Waals surface area contributed by atoms with E-state index in [1.165, 1.54) is 0 Å². The summed E-state index contributed by atoms with van der Waals surface area (Å²) in [5.41, 5.74) is 7.44. The summed E-state index contributed by atoms with van der Waals surface area (Å²) >= 11 is 6.24. The molecule has 0 aliphatic carbocycles. The Labute approximate surface area is 112 Å². The standard InChI is InChI=1S/C12H20ClN3O2/c1-4-9-11(13)10(16(5-2)15-9)7-8(14)12(17)18-6-3/h8H,4-7,14H2,1-3H3. The van der Waals surface area contributed by atoms with E-state index in [1.54, 1.807) is 11.6 Å². The van der Waals surface area contributed by atoms with Gasteiger partial charge >= 0.3 is 5.97 Å². The third kappa shape index (κ3) is 3.23. The van der Waals surface area contributed by atoms with Crippen LogP contribution in [-0.4, -0.2) is 28.4 Å². The number of aryl methyl sites for hydroxylation is 2. The van der Waals surface area contributed by atoms with Crippen molar-refractivity contribution in [1.82, 2.24) is 9.78 Å². The number of carbonyl (C=O) groups is 1. The number of nitrogens with two attached hydrogens (primary N) is 1. The molecule has 0 saturated carbocycles. The van der Waals surface area contributed by atoms with Gasteiger partial charge in [0.25, 0.3) is 0 Å². The predicted molar refractivity (Wildman–Crippen MR) is 70.6 cm³/mol. The van der Waals surface area contributed by atoms with Crippen LogP contribution in [0, 0.1) is 0 Å². The molecule has 0 aliphatic heterocycles. The van der Waals surface area contributed by atoms with Gasteiger partial charge in [-0.1, -0.05) is 18.5 Å². The van der Waals surface area contributed by atoms with Crippen LogP contribution in [0.5, 0.6) is 0 Å². The summed E-state index contributed by atoms with van der Waals surface area (Å²) < 4.78 is 6.68. The van der Waals surface area contributed by atoms with Crippen molar-refractivity contribution in [3.63, 3.8) is 0 Å². The van der Waals surface area contributed by atoms with Crippen LogP contribution in [0.3, 0.4) is 0 Å². The third-order valence-electron chi connectivity index (χ3n) is 2.70. The highest BCUT2D eigenvalue weighted by Crippen LogP contribution is 2.22. The maximum Gasteiger partial charge on any atom is 0.323 e. The molecule has 1 atom stereocenters. The molecule has 0 bridgehead atoms. The maximum atomic E-state index is 11.5. The topological polar surface area (TPSA) is 70.1 Å². The Kier molecular flexibility index (Phi) is 5.62. The van der Waals surface area contributed by atoms with Gasteiger partial charge in [-0.25, -0.2) is 0 Å². The summed E-state index contributed by atoms with van der Waals surface area (Å²) in [7, 11) is 0. The van der Waals surface area contributed by atoms with Crippen molar-refractivity contribution in [3.8, 4) is 0 Å². The molecule has 102 valence electrons. The molecule has 18 heavy (non-hydrogen) atoms. The van der Waals surface area contributed by atoms with Gasteiger partial charge in [-0.3, -0.25) is 9.48 Å². The van der Waals surface area contributed by atoms with E-state index >= 15 is 0 Å². The summed E-state index contributed by atoms with van der Waals surface area (Å²) in [4.78, 5) is 11.5. The highest BCUT2D eigenvalue weighted by Gasteiger charge is 2.21. The monoisotopic (exact) mass is 273 g/mol. The lowest BCUT2D eigenvalue weighted by Crippen LogP contribution is -2.35. The molecule has 0 aliphatic rings. The third-order valence-corrected chi connectivity index (χ3v) is 3.13. The van der Waals surface area contributed by atoms with Crippen molar-refractivity contribution in [1.29, 1.82) is 0 Å². The van der Waals surface area contributed by atoms with Crippen molar-refractivity contribution < 1.29 is 9.53 Å². The Bertz CT molecular complexity index is 418. The average molecular weight is 274 g/mol. The molecule has 0 aromatic carbocycles. The Morgan fingerprint density at radius 2 is 2.17 bits per heavy atom. The van der Waals surface area contributed by atoms with Crippen LogP contribution in [0.2, 0.25) is 5.02 Å². The van der Waals surface area contributed by atoms with Gasteiger partial charge < -0.3 is 10.5 Å². The van der Waals surface area contributed by atoms with E-state index in [4.69, 9.17) is 22.1 Å². The van der Waals surface area contributed by atoms with E-state index in [0.717, 1.165) is 17.8 Å². The van der Waals surface area contributed by atoms with E-state index in [9.17, 15) is 4.79 Å². The molecule has 0 radical (unpaired) electrons. The Morgan fingerprint density at radius 3 is 2.67 bits per heavy atom. The zero-order chi connectivity index (χ0) is 13.7. The fourth-order valence-corrected chi connectivity index (χ4v) is 2.10. The SMILES string of the molecule is CCOC(=O)C(N)Cc1c(Cl)c(CC)nn1CC. The van der Waals surface area contributed by atoms with E-state index in [0.29, 0.717) is 24.6 Å². The van der Waals surface area contributed by atoms with Gasteiger partial charge in [0.15, 0.2) is 0 Å². The lowest BCUT2D eigenvalue weighted by Gasteiger charge is -2.11. The molecular weight excluding hydrogens is 254 g/mol. The molecule has 1 unspecified atom stereocenters. The molecule has 0 spiro atoms. The number of esters is 1. The van der Waals surface area contributed by atoms with Crippen LogP contribution in [0.15, 0.2) is 0 Å². The van der Waals surface area contributed by atoms with Gasteiger partial charge in [-0.2, -0.15) is 5.10 Å². The van der Waals surface area contributed by atoms with Gasteiger partial charge in [0.2, 0.25) is 0 Å². The lowest BCUT2D eigenvalue weighted by atomic mass is 10.1. The highest BCUT2D eigenvalue weighted by atomic mass is 35.5. The Morgan fingerprint density at radius 1 is 1.50 bits per heavy atom. The number of nitrogens with zero attached hydrogens (tertiary/aromatic N) is 2. The molecule has 5 nitrogen and oxygen atoms in total.